The van der Waals surface area contributed by atoms with Crippen molar-refractivity contribution in [2.75, 3.05) is 26.2 Å². The van der Waals surface area contributed by atoms with Gasteiger partial charge >= 0.3 is 0 Å². The molecule has 29 heavy (non-hydrogen) atoms. The molecule has 2 aromatic rings. The Morgan fingerprint density at radius 3 is 2.55 bits per heavy atom. The van der Waals surface area contributed by atoms with Crippen molar-refractivity contribution in [2.45, 2.75) is 51.1 Å². The third kappa shape index (κ3) is 4.06. The van der Waals surface area contributed by atoms with Crippen LogP contribution in [0.4, 0.5) is 0 Å². The van der Waals surface area contributed by atoms with Gasteiger partial charge in [0.05, 0.1) is 11.4 Å². The van der Waals surface area contributed by atoms with E-state index in [4.69, 9.17) is 4.74 Å². The van der Waals surface area contributed by atoms with Gasteiger partial charge in [-0.3, -0.25) is 9.58 Å². The fourth-order valence-electron chi connectivity index (χ4n) is 4.36. The number of fused-ring (bicyclic) bond motifs is 1. The summed E-state index contributed by atoms with van der Waals surface area (Å²) in [6, 6.07) is 6.21. The fourth-order valence-corrected chi connectivity index (χ4v) is 6.16. The standard InChI is InChI=1S/C21H30N4O3S/c1-16-21(17(2)23(3)22-16)29(26,27)25-11-12-28-20-8-7-18(13-19(20)15-25)14-24-9-5-4-6-10-24/h7-8,13H,4-6,9-12,14-15H2,1-3H3. The summed E-state index contributed by atoms with van der Waals surface area (Å²) < 4.78 is 35.9. The molecule has 0 bridgehead atoms. The number of aromatic nitrogens is 2. The molecule has 0 atom stereocenters. The summed E-state index contributed by atoms with van der Waals surface area (Å²) in [5.41, 5.74) is 3.34. The van der Waals surface area contributed by atoms with Gasteiger partial charge in [-0.1, -0.05) is 12.5 Å². The van der Waals surface area contributed by atoms with Crippen molar-refractivity contribution < 1.29 is 13.2 Å². The van der Waals surface area contributed by atoms with Gasteiger partial charge in [-0.2, -0.15) is 9.40 Å². The third-order valence-corrected chi connectivity index (χ3v) is 8.06. The molecule has 2 aliphatic heterocycles. The van der Waals surface area contributed by atoms with Gasteiger partial charge < -0.3 is 4.74 Å². The Morgan fingerprint density at radius 1 is 1.10 bits per heavy atom. The van der Waals surface area contributed by atoms with E-state index in [0.717, 1.165) is 30.9 Å². The summed E-state index contributed by atoms with van der Waals surface area (Å²) in [6.07, 6.45) is 3.82. The van der Waals surface area contributed by atoms with Gasteiger partial charge in [0.1, 0.15) is 17.3 Å². The highest BCUT2D eigenvalue weighted by atomic mass is 32.2. The molecule has 0 N–H and O–H groups in total. The number of rotatable bonds is 4. The van der Waals surface area contributed by atoms with Gasteiger partial charge in [0, 0.05) is 32.2 Å². The number of aryl methyl sites for hydroxylation is 2. The molecule has 0 saturated carbocycles. The summed E-state index contributed by atoms with van der Waals surface area (Å²) in [7, 11) is -1.88. The molecule has 3 heterocycles. The van der Waals surface area contributed by atoms with Crippen LogP contribution in [0.2, 0.25) is 0 Å². The highest BCUT2D eigenvalue weighted by molar-refractivity contribution is 7.89. The van der Waals surface area contributed by atoms with Gasteiger partial charge in [0.15, 0.2) is 0 Å². The summed E-state index contributed by atoms with van der Waals surface area (Å²) in [5, 5.41) is 4.29. The predicted molar refractivity (Wildman–Crippen MR) is 111 cm³/mol. The van der Waals surface area contributed by atoms with Gasteiger partial charge in [-0.05, 0) is 57.5 Å². The first-order valence-corrected chi connectivity index (χ1v) is 11.8. The van der Waals surface area contributed by atoms with Crippen molar-refractivity contribution >= 4 is 10.0 Å². The molecule has 1 aromatic carbocycles. The molecule has 2 aliphatic rings. The monoisotopic (exact) mass is 418 g/mol. The van der Waals surface area contributed by atoms with Crippen LogP contribution in [0.3, 0.4) is 0 Å². The zero-order valence-electron chi connectivity index (χ0n) is 17.5. The molecule has 0 spiro atoms. The number of hydrogen-bond donors (Lipinski definition) is 0. The molecule has 8 heteroatoms. The van der Waals surface area contributed by atoms with Crippen LogP contribution in [0.1, 0.15) is 41.8 Å². The minimum atomic E-state index is -3.65. The largest absolute Gasteiger partial charge is 0.492 e. The van der Waals surface area contributed by atoms with Crippen molar-refractivity contribution in [1.29, 1.82) is 0 Å². The maximum absolute atomic E-state index is 13.4. The number of likely N-dealkylation sites (tertiary alicyclic amines) is 1. The van der Waals surface area contributed by atoms with E-state index in [-0.39, 0.29) is 0 Å². The highest BCUT2D eigenvalue weighted by Gasteiger charge is 2.32. The minimum absolute atomic E-state index is 0.313. The maximum atomic E-state index is 13.4. The van der Waals surface area contributed by atoms with Crippen molar-refractivity contribution in [3.63, 3.8) is 0 Å². The van der Waals surface area contributed by atoms with E-state index < -0.39 is 10.0 Å². The van der Waals surface area contributed by atoms with E-state index >= 15 is 0 Å². The Hall–Kier alpha value is -1.90. The van der Waals surface area contributed by atoms with Crippen LogP contribution in [0.15, 0.2) is 23.1 Å². The number of benzene rings is 1. The van der Waals surface area contributed by atoms with Crippen molar-refractivity contribution in [2.24, 2.45) is 7.05 Å². The van der Waals surface area contributed by atoms with Crippen molar-refractivity contribution in [3.8, 4) is 5.75 Å². The average molecular weight is 419 g/mol. The second-order valence-electron chi connectivity index (χ2n) is 8.09. The van der Waals surface area contributed by atoms with Gasteiger partial charge in [-0.15, -0.1) is 0 Å². The lowest BCUT2D eigenvalue weighted by atomic mass is 10.1. The normalized spacial score (nSPS) is 18.9. The summed E-state index contributed by atoms with van der Waals surface area (Å²) in [4.78, 5) is 2.78. The summed E-state index contributed by atoms with van der Waals surface area (Å²) in [6.45, 7) is 7.70. The van der Waals surface area contributed by atoms with E-state index in [2.05, 4.69) is 22.1 Å². The van der Waals surface area contributed by atoms with E-state index in [1.54, 1.807) is 25.6 Å². The van der Waals surface area contributed by atoms with Crippen LogP contribution in [0.5, 0.6) is 5.75 Å². The van der Waals surface area contributed by atoms with E-state index in [9.17, 15) is 8.42 Å². The van der Waals surface area contributed by atoms with Gasteiger partial charge in [0.2, 0.25) is 10.0 Å². The molecule has 1 fully saturated rings. The zero-order chi connectivity index (χ0) is 20.6. The first kappa shape index (κ1) is 20.4. The second kappa shape index (κ2) is 8.08. The summed E-state index contributed by atoms with van der Waals surface area (Å²) in [5.74, 6) is 0.782. The van der Waals surface area contributed by atoms with E-state index in [0.29, 0.717) is 36.0 Å². The van der Waals surface area contributed by atoms with Gasteiger partial charge in [-0.25, -0.2) is 8.42 Å². The van der Waals surface area contributed by atoms with Gasteiger partial charge in [0.25, 0.3) is 0 Å². The second-order valence-corrected chi connectivity index (χ2v) is 9.96. The molecule has 158 valence electrons. The smallest absolute Gasteiger partial charge is 0.247 e. The van der Waals surface area contributed by atoms with Crippen LogP contribution in [-0.2, 0) is 30.2 Å². The molecule has 0 aliphatic carbocycles. The van der Waals surface area contributed by atoms with Crippen LogP contribution < -0.4 is 4.74 Å². The number of hydrogen-bond acceptors (Lipinski definition) is 5. The lowest BCUT2D eigenvalue weighted by Gasteiger charge is -2.26. The Balaban J connectivity index is 1.60. The topological polar surface area (TPSA) is 67.7 Å². The van der Waals surface area contributed by atoms with E-state index in [1.165, 1.54) is 29.1 Å². The molecular formula is C21H30N4O3S. The van der Waals surface area contributed by atoms with Crippen molar-refractivity contribution in [1.82, 2.24) is 19.0 Å². The van der Waals surface area contributed by atoms with Crippen LogP contribution in [0.25, 0.3) is 0 Å². The quantitative estimate of drug-likeness (QED) is 0.764. The molecule has 1 aromatic heterocycles. The van der Waals surface area contributed by atoms with E-state index in [1.807, 2.05) is 6.07 Å². The lowest BCUT2D eigenvalue weighted by molar-refractivity contribution is 0.221. The van der Waals surface area contributed by atoms with Crippen LogP contribution >= 0.6 is 0 Å². The zero-order valence-corrected chi connectivity index (χ0v) is 18.3. The lowest BCUT2D eigenvalue weighted by Crippen LogP contribution is -2.33. The Bertz CT molecular complexity index is 994. The fraction of sp³-hybridized carbons (Fsp3) is 0.571. The van der Waals surface area contributed by atoms with Crippen LogP contribution in [0, 0.1) is 13.8 Å². The van der Waals surface area contributed by atoms with Crippen molar-refractivity contribution in [3.05, 3.63) is 40.7 Å². The summed E-state index contributed by atoms with van der Waals surface area (Å²) >= 11 is 0. The SMILES string of the molecule is Cc1nn(C)c(C)c1S(=O)(=O)N1CCOc2ccc(CN3CCCCC3)cc2C1. The Labute approximate surface area is 173 Å². The first-order chi connectivity index (χ1) is 13.9. The number of nitrogens with zero attached hydrogens (tertiary/aromatic N) is 4. The average Bonchev–Trinajstić information content (AvgIpc) is 2.85. The maximum Gasteiger partial charge on any atom is 0.247 e. The minimum Gasteiger partial charge on any atom is -0.492 e. The molecular weight excluding hydrogens is 388 g/mol. The molecule has 7 nitrogen and oxygen atoms in total. The molecule has 4 rings (SSSR count). The Kier molecular flexibility index (Phi) is 5.68. The number of sulfonamides is 1. The molecule has 1 saturated heterocycles. The molecule has 0 unspecified atom stereocenters. The number of ether oxygens (including phenoxy) is 1. The third-order valence-electron chi connectivity index (χ3n) is 5.97. The predicted octanol–water partition coefficient (Wildman–Crippen LogP) is 2.61. The van der Waals surface area contributed by atoms with Crippen LogP contribution in [-0.4, -0.2) is 53.6 Å². The first-order valence-electron chi connectivity index (χ1n) is 10.3. The number of piperidine rings is 1. The molecule has 0 radical (unpaired) electrons. The Morgan fingerprint density at radius 2 is 1.86 bits per heavy atom. The molecule has 0 amide bonds. The highest BCUT2D eigenvalue weighted by Crippen LogP contribution is 2.30.